The van der Waals surface area contributed by atoms with Crippen LogP contribution < -0.4 is 5.32 Å². The van der Waals surface area contributed by atoms with E-state index in [2.05, 4.69) is 22.2 Å². The summed E-state index contributed by atoms with van der Waals surface area (Å²) in [5, 5.41) is 3.11. The number of anilines is 1. The Kier molecular flexibility index (Phi) is 5.19. The van der Waals surface area contributed by atoms with Gasteiger partial charge >= 0.3 is 0 Å². The number of carbonyl (C=O) groups excluding carboxylic acids is 2. The second-order valence-electron chi connectivity index (χ2n) is 8.24. The highest BCUT2D eigenvalue weighted by Crippen LogP contribution is 2.39. The standard InChI is InChI=1S/C21H30N4O2/c1-23-12-14-24(15-13-23)19(26)16-17-4-6-18(7-5-17)22-20(27)21-8-2-10-25(21)11-3-9-21/h4-7H,2-3,8-16H2,1H3,(H,22,27). The first kappa shape index (κ1) is 18.4. The third-order valence-corrected chi connectivity index (χ3v) is 6.49. The van der Waals surface area contributed by atoms with Crippen LogP contribution in [-0.2, 0) is 16.0 Å². The van der Waals surface area contributed by atoms with Crippen LogP contribution in [0.1, 0.15) is 31.2 Å². The van der Waals surface area contributed by atoms with Crippen molar-refractivity contribution in [2.75, 3.05) is 51.6 Å². The van der Waals surface area contributed by atoms with E-state index in [4.69, 9.17) is 0 Å². The number of likely N-dealkylation sites (N-methyl/N-ethyl adjacent to an activating group) is 1. The van der Waals surface area contributed by atoms with Crippen LogP contribution in [0.4, 0.5) is 5.69 Å². The van der Waals surface area contributed by atoms with Gasteiger partial charge in [0.15, 0.2) is 0 Å². The van der Waals surface area contributed by atoms with Gasteiger partial charge in [0.2, 0.25) is 11.8 Å². The lowest BCUT2D eigenvalue weighted by atomic mass is 9.93. The quantitative estimate of drug-likeness (QED) is 0.874. The minimum atomic E-state index is -0.282. The lowest BCUT2D eigenvalue weighted by Crippen LogP contribution is -2.48. The largest absolute Gasteiger partial charge is 0.340 e. The number of rotatable bonds is 4. The lowest BCUT2D eigenvalue weighted by Gasteiger charge is -2.32. The molecule has 4 rings (SSSR count). The first-order valence-corrected chi connectivity index (χ1v) is 10.2. The van der Waals surface area contributed by atoms with Crippen LogP contribution in [0.5, 0.6) is 0 Å². The fourth-order valence-electron chi connectivity index (χ4n) is 4.77. The molecule has 0 unspecified atom stereocenters. The minimum absolute atomic E-state index is 0.138. The van der Waals surface area contributed by atoms with Crippen molar-refractivity contribution in [2.45, 2.75) is 37.6 Å². The predicted molar refractivity (Wildman–Crippen MR) is 106 cm³/mol. The molecule has 3 aliphatic heterocycles. The lowest BCUT2D eigenvalue weighted by molar-refractivity contribution is -0.132. The Morgan fingerprint density at radius 1 is 0.963 bits per heavy atom. The Morgan fingerprint density at radius 3 is 2.22 bits per heavy atom. The maximum atomic E-state index is 12.9. The van der Waals surface area contributed by atoms with Crippen molar-refractivity contribution in [1.82, 2.24) is 14.7 Å². The first-order chi connectivity index (χ1) is 13.1. The van der Waals surface area contributed by atoms with Crippen LogP contribution in [0, 0.1) is 0 Å². The van der Waals surface area contributed by atoms with Crippen molar-refractivity contribution in [3.8, 4) is 0 Å². The molecule has 6 nitrogen and oxygen atoms in total. The number of piperazine rings is 1. The van der Waals surface area contributed by atoms with Gasteiger partial charge < -0.3 is 15.1 Å². The van der Waals surface area contributed by atoms with E-state index >= 15 is 0 Å². The normalized spacial score (nSPS) is 22.6. The van der Waals surface area contributed by atoms with Gasteiger partial charge in [0, 0.05) is 31.9 Å². The molecule has 1 aromatic carbocycles. The molecule has 146 valence electrons. The Morgan fingerprint density at radius 2 is 1.59 bits per heavy atom. The van der Waals surface area contributed by atoms with Gasteiger partial charge in [-0.15, -0.1) is 0 Å². The second-order valence-corrected chi connectivity index (χ2v) is 8.24. The summed E-state index contributed by atoms with van der Waals surface area (Å²) in [6, 6.07) is 7.77. The smallest absolute Gasteiger partial charge is 0.244 e. The highest BCUT2D eigenvalue weighted by Gasteiger charge is 2.49. The summed E-state index contributed by atoms with van der Waals surface area (Å²) in [7, 11) is 2.09. The molecule has 0 aliphatic carbocycles. The van der Waals surface area contributed by atoms with Gasteiger partial charge in [-0.1, -0.05) is 12.1 Å². The van der Waals surface area contributed by atoms with Crippen molar-refractivity contribution in [2.24, 2.45) is 0 Å². The summed E-state index contributed by atoms with van der Waals surface area (Å²) in [5.41, 5.74) is 1.54. The highest BCUT2D eigenvalue weighted by atomic mass is 16.2. The third-order valence-electron chi connectivity index (χ3n) is 6.49. The van der Waals surface area contributed by atoms with Crippen molar-refractivity contribution in [1.29, 1.82) is 0 Å². The molecule has 27 heavy (non-hydrogen) atoms. The zero-order chi connectivity index (χ0) is 18.9. The Balaban J connectivity index is 1.34. The average Bonchev–Trinajstić information content (AvgIpc) is 3.25. The molecule has 3 heterocycles. The summed E-state index contributed by atoms with van der Waals surface area (Å²) in [4.78, 5) is 31.9. The molecule has 0 bridgehead atoms. The molecule has 0 spiro atoms. The molecule has 0 aromatic heterocycles. The van der Waals surface area contributed by atoms with Crippen molar-refractivity contribution < 1.29 is 9.59 Å². The van der Waals surface area contributed by atoms with Crippen molar-refractivity contribution in [3.63, 3.8) is 0 Å². The highest BCUT2D eigenvalue weighted by molar-refractivity contribution is 5.98. The summed E-state index contributed by atoms with van der Waals surface area (Å²) in [6.07, 6.45) is 4.59. The molecule has 3 fully saturated rings. The maximum absolute atomic E-state index is 12.9. The Hall–Kier alpha value is -1.92. The van der Waals surface area contributed by atoms with Gasteiger partial charge in [-0.25, -0.2) is 0 Å². The van der Waals surface area contributed by atoms with E-state index in [9.17, 15) is 9.59 Å². The zero-order valence-electron chi connectivity index (χ0n) is 16.2. The van der Waals surface area contributed by atoms with Gasteiger partial charge in [0.25, 0.3) is 0 Å². The summed E-state index contributed by atoms with van der Waals surface area (Å²) < 4.78 is 0. The van der Waals surface area contributed by atoms with Crippen LogP contribution in [0.25, 0.3) is 0 Å². The van der Waals surface area contributed by atoms with E-state index in [0.29, 0.717) is 6.42 Å². The SMILES string of the molecule is CN1CCN(C(=O)Cc2ccc(NC(=O)C34CCCN3CCC4)cc2)CC1. The molecular weight excluding hydrogens is 340 g/mol. The molecule has 0 radical (unpaired) electrons. The third kappa shape index (κ3) is 3.73. The molecule has 3 aliphatic rings. The zero-order valence-corrected chi connectivity index (χ0v) is 16.2. The summed E-state index contributed by atoms with van der Waals surface area (Å²) in [5.74, 6) is 0.324. The van der Waals surface area contributed by atoms with E-state index in [1.54, 1.807) is 0 Å². The molecule has 6 heteroatoms. The van der Waals surface area contributed by atoms with E-state index in [-0.39, 0.29) is 17.4 Å². The molecule has 0 atom stereocenters. The summed E-state index contributed by atoms with van der Waals surface area (Å²) >= 11 is 0. The average molecular weight is 370 g/mol. The van der Waals surface area contributed by atoms with Crippen LogP contribution >= 0.6 is 0 Å². The number of benzene rings is 1. The van der Waals surface area contributed by atoms with E-state index in [1.807, 2.05) is 29.2 Å². The van der Waals surface area contributed by atoms with Crippen LogP contribution in [0.15, 0.2) is 24.3 Å². The molecule has 3 saturated heterocycles. The van der Waals surface area contributed by atoms with Crippen LogP contribution in [0.3, 0.4) is 0 Å². The van der Waals surface area contributed by atoms with Gasteiger partial charge in [-0.3, -0.25) is 14.5 Å². The van der Waals surface area contributed by atoms with Gasteiger partial charge in [-0.05, 0) is 63.5 Å². The Labute approximate surface area is 161 Å². The van der Waals surface area contributed by atoms with Crippen molar-refractivity contribution in [3.05, 3.63) is 29.8 Å². The number of nitrogens with zero attached hydrogens (tertiary/aromatic N) is 3. The van der Waals surface area contributed by atoms with Crippen LogP contribution in [-0.4, -0.2) is 78.4 Å². The number of amides is 2. The fourth-order valence-corrected chi connectivity index (χ4v) is 4.77. The van der Waals surface area contributed by atoms with E-state index < -0.39 is 0 Å². The molecule has 2 amide bonds. The van der Waals surface area contributed by atoms with Gasteiger partial charge in [0.05, 0.1) is 6.42 Å². The molecule has 1 aromatic rings. The monoisotopic (exact) mass is 370 g/mol. The van der Waals surface area contributed by atoms with E-state index in [0.717, 1.165) is 76.2 Å². The molecular formula is C21H30N4O2. The second kappa shape index (κ2) is 7.60. The summed E-state index contributed by atoms with van der Waals surface area (Å²) in [6.45, 7) is 5.58. The van der Waals surface area contributed by atoms with E-state index in [1.165, 1.54) is 0 Å². The first-order valence-electron chi connectivity index (χ1n) is 10.2. The number of hydrogen-bond donors (Lipinski definition) is 1. The molecule has 1 N–H and O–H groups in total. The van der Waals surface area contributed by atoms with Gasteiger partial charge in [0.1, 0.15) is 5.54 Å². The van der Waals surface area contributed by atoms with Crippen LogP contribution in [0.2, 0.25) is 0 Å². The minimum Gasteiger partial charge on any atom is -0.340 e. The number of hydrogen-bond acceptors (Lipinski definition) is 4. The fraction of sp³-hybridized carbons (Fsp3) is 0.619. The Bertz CT molecular complexity index is 685. The van der Waals surface area contributed by atoms with Gasteiger partial charge in [-0.2, -0.15) is 0 Å². The molecule has 0 saturated carbocycles. The van der Waals surface area contributed by atoms with Crippen molar-refractivity contribution >= 4 is 17.5 Å². The number of nitrogens with one attached hydrogen (secondary N) is 1. The predicted octanol–water partition coefficient (Wildman–Crippen LogP) is 1.57. The number of fused-ring (bicyclic) bond motifs is 1. The number of carbonyl (C=O) groups is 2. The maximum Gasteiger partial charge on any atom is 0.244 e. The topological polar surface area (TPSA) is 55.9 Å².